The Labute approximate surface area is 261 Å². The van der Waals surface area contributed by atoms with Gasteiger partial charge in [0.1, 0.15) is 6.04 Å². The van der Waals surface area contributed by atoms with Crippen molar-refractivity contribution < 1.29 is 23.8 Å². The van der Waals surface area contributed by atoms with Crippen molar-refractivity contribution >= 4 is 28.4 Å². The van der Waals surface area contributed by atoms with Crippen LogP contribution in [0.1, 0.15) is 48.7 Å². The van der Waals surface area contributed by atoms with Crippen molar-refractivity contribution in [2.24, 2.45) is 0 Å². The van der Waals surface area contributed by atoms with Gasteiger partial charge in [0.2, 0.25) is 23.0 Å². The molecule has 2 atom stereocenters. The monoisotopic (exact) mass is 610 g/mol. The maximum Gasteiger partial charge on any atom is 0.245 e. The number of carbonyl (C=O) groups excluding carboxylic acids is 2. The molecule has 1 aliphatic carbocycles. The highest BCUT2D eigenvalue weighted by atomic mass is 16.5. The van der Waals surface area contributed by atoms with Crippen LogP contribution in [0.25, 0.3) is 22.0 Å². The van der Waals surface area contributed by atoms with Crippen LogP contribution in [-0.2, 0) is 29.0 Å². The third-order valence-corrected chi connectivity index (χ3v) is 8.85. The summed E-state index contributed by atoms with van der Waals surface area (Å²) in [5.74, 6) is 1.17. The van der Waals surface area contributed by atoms with Crippen molar-refractivity contribution in [2.45, 2.75) is 51.7 Å². The lowest BCUT2D eigenvalue weighted by atomic mass is 9.95. The number of methoxy groups -OCH3 is 3. The first kappa shape index (κ1) is 30.1. The predicted octanol–water partition coefficient (Wildman–Crippen LogP) is 4.73. The zero-order valence-electron chi connectivity index (χ0n) is 26.2. The summed E-state index contributed by atoms with van der Waals surface area (Å²) in [6.45, 7) is 4.34. The number of ether oxygens (including phenoxy) is 3. The molecule has 0 fully saturated rings. The number of nitrogens with one attached hydrogen (secondary N) is 3. The molecule has 1 aromatic heterocycles. The average molecular weight is 611 g/mol. The van der Waals surface area contributed by atoms with Gasteiger partial charge in [0.05, 0.1) is 33.1 Å². The Morgan fingerprint density at radius 2 is 1.78 bits per heavy atom. The molecule has 0 radical (unpaired) electrons. The van der Waals surface area contributed by atoms with Crippen LogP contribution < -0.4 is 30.3 Å². The molecule has 6 rings (SSSR count). The minimum atomic E-state index is -0.649. The third-order valence-electron chi connectivity index (χ3n) is 8.85. The second-order valence-electron chi connectivity index (χ2n) is 11.6. The first-order valence-electron chi connectivity index (χ1n) is 15.1. The van der Waals surface area contributed by atoms with Gasteiger partial charge in [0.15, 0.2) is 11.5 Å². The fourth-order valence-electron chi connectivity index (χ4n) is 6.75. The summed E-state index contributed by atoms with van der Waals surface area (Å²) >= 11 is 0. The maximum absolute atomic E-state index is 13.8. The number of nitrogens with zero attached hydrogens (tertiary/aromatic N) is 1. The molecule has 2 aliphatic rings. The molecule has 3 aromatic carbocycles. The number of para-hydroxylation sites is 1. The SMILES string of the molecule is COc1cc2c(c(OC)c1OC)-c1ccc(NC(C)C(=O)N3CCc4[nH]c5ccccc5c4C3)c(=O)cc1C(NC(C)=O)CC2. The molecule has 10 nitrogen and oxygen atoms in total. The Hall–Kier alpha value is -4.99. The summed E-state index contributed by atoms with van der Waals surface area (Å²) in [5, 5.41) is 7.35. The molecule has 45 heavy (non-hydrogen) atoms. The van der Waals surface area contributed by atoms with Crippen molar-refractivity contribution in [3.63, 3.8) is 0 Å². The molecule has 0 saturated carbocycles. The second kappa shape index (κ2) is 12.2. The van der Waals surface area contributed by atoms with E-state index >= 15 is 0 Å². The van der Waals surface area contributed by atoms with E-state index in [1.807, 2.05) is 35.2 Å². The van der Waals surface area contributed by atoms with E-state index in [0.717, 1.165) is 45.3 Å². The standard InChI is InChI=1S/C35H38N4O6/c1-19(35(42)39-15-14-28-25(18-39)22-8-6-7-9-26(22)38-28)36-29-13-11-23-24(17-30(29)41)27(37-20(2)40)12-10-21-16-31(43-3)33(44-4)34(45-5)32(21)23/h6-9,11,13,16-17,19,27,38H,10,12,14-15,18H2,1-5H3,(H,36,41)(H,37,40). The highest BCUT2D eigenvalue weighted by Crippen LogP contribution is 2.50. The lowest BCUT2D eigenvalue weighted by Crippen LogP contribution is -2.44. The first-order chi connectivity index (χ1) is 21.7. The van der Waals surface area contributed by atoms with Crippen molar-refractivity contribution in [1.29, 1.82) is 0 Å². The van der Waals surface area contributed by atoms with Gasteiger partial charge in [-0.15, -0.1) is 0 Å². The maximum atomic E-state index is 13.8. The van der Waals surface area contributed by atoms with Crippen LogP contribution in [0, 0.1) is 0 Å². The van der Waals surface area contributed by atoms with Crippen LogP contribution in [-0.4, -0.2) is 55.6 Å². The van der Waals surface area contributed by atoms with E-state index in [1.54, 1.807) is 40.4 Å². The topological polar surface area (TPSA) is 122 Å². The van der Waals surface area contributed by atoms with E-state index in [9.17, 15) is 14.4 Å². The van der Waals surface area contributed by atoms with Crippen molar-refractivity contribution in [2.75, 3.05) is 33.2 Å². The second-order valence-corrected chi connectivity index (χ2v) is 11.6. The predicted molar refractivity (Wildman–Crippen MR) is 173 cm³/mol. The zero-order valence-corrected chi connectivity index (χ0v) is 26.2. The Morgan fingerprint density at radius 3 is 2.51 bits per heavy atom. The van der Waals surface area contributed by atoms with Crippen molar-refractivity contribution in [3.05, 3.63) is 81.1 Å². The number of hydrogen-bond donors (Lipinski definition) is 3. The molecule has 10 heteroatoms. The highest BCUT2D eigenvalue weighted by Gasteiger charge is 2.31. The number of fused-ring (bicyclic) bond motifs is 6. The Balaban J connectivity index is 1.36. The van der Waals surface area contributed by atoms with E-state index in [2.05, 4.69) is 21.7 Å². The van der Waals surface area contributed by atoms with Crippen LogP contribution in [0.5, 0.6) is 17.2 Å². The molecule has 3 N–H and O–H groups in total. The number of aryl methyl sites for hydroxylation is 1. The van der Waals surface area contributed by atoms with Gasteiger partial charge in [-0.25, -0.2) is 0 Å². The van der Waals surface area contributed by atoms with Gasteiger partial charge in [0, 0.05) is 54.2 Å². The van der Waals surface area contributed by atoms with Gasteiger partial charge in [-0.1, -0.05) is 24.3 Å². The number of aromatic nitrogens is 1. The van der Waals surface area contributed by atoms with Crippen LogP contribution in [0.3, 0.4) is 0 Å². The van der Waals surface area contributed by atoms with Crippen molar-refractivity contribution in [1.82, 2.24) is 15.2 Å². The molecule has 4 aromatic rings. The van der Waals surface area contributed by atoms with Crippen LogP contribution in [0.2, 0.25) is 0 Å². The van der Waals surface area contributed by atoms with Crippen LogP contribution in [0.4, 0.5) is 5.69 Å². The summed E-state index contributed by atoms with van der Waals surface area (Å²) < 4.78 is 17.2. The van der Waals surface area contributed by atoms with E-state index in [4.69, 9.17) is 14.2 Å². The van der Waals surface area contributed by atoms with E-state index in [1.165, 1.54) is 6.92 Å². The summed E-state index contributed by atoms with van der Waals surface area (Å²) in [6, 6.07) is 14.1. The lowest BCUT2D eigenvalue weighted by Gasteiger charge is -2.30. The summed E-state index contributed by atoms with van der Waals surface area (Å²) in [4.78, 5) is 45.0. The van der Waals surface area contributed by atoms with Gasteiger partial charge < -0.3 is 34.7 Å². The molecule has 2 amide bonds. The summed E-state index contributed by atoms with van der Waals surface area (Å²) in [5.41, 5.74) is 6.48. The summed E-state index contributed by atoms with van der Waals surface area (Å²) in [6.07, 6.45) is 1.90. The van der Waals surface area contributed by atoms with Gasteiger partial charge in [-0.3, -0.25) is 14.4 Å². The van der Waals surface area contributed by atoms with Gasteiger partial charge in [-0.2, -0.15) is 0 Å². The number of anilines is 1. The molecule has 1 aliphatic heterocycles. The normalized spacial score (nSPS) is 16.0. The van der Waals surface area contributed by atoms with E-state index in [-0.39, 0.29) is 22.9 Å². The first-order valence-corrected chi connectivity index (χ1v) is 15.1. The fourth-order valence-corrected chi connectivity index (χ4v) is 6.75. The number of rotatable bonds is 7. The summed E-state index contributed by atoms with van der Waals surface area (Å²) in [7, 11) is 4.69. The smallest absolute Gasteiger partial charge is 0.245 e. The molecular weight excluding hydrogens is 572 g/mol. The highest BCUT2D eigenvalue weighted by molar-refractivity contribution is 5.88. The Morgan fingerprint density at radius 1 is 1.00 bits per heavy atom. The Kier molecular flexibility index (Phi) is 8.14. The minimum Gasteiger partial charge on any atom is -0.493 e. The van der Waals surface area contributed by atoms with Gasteiger partial charge >= 0.3 is 0 Å². The molecule has 0 saturated heterocycles. The molecular formula is C35H38N4O6. The van der Waals surface area contributed by atoms with E-state index in [0.29, 0.717) is 48.7 Å². The average Bonchev–Trinajstić information content (AvgIpc) is 3.26. The van der Waals surface area contributed by atoms with Crippen LogP contribution >= 0.6 is 0 Å². The number of aromatic amines is 1. The van der Waals surface area contributed by atoms with Crippen molar-refractivity contribution in [3.8, 4) is 28.4 Å². The third kappa shape index (κ3) is 5.45. The number of hydrogen-bond acceptors (Lipinski definition) is 7. The molecule has 2 heterocycles. The quantitative estimate of drug-likeness (QED) is 0.277. The molecule has 2 unspecified atom stereocenters. The van der Waals surface area contributed by atoms with Crippen LogP contribution in [0.15, 0.2) is 53.3 Å². The molecule has 0 bridgehead atoms. The number of amides is 2. The zero-order chi connectivity index (χ0) is 31.8. The molecule has 234 valence electrons. The van der Waals surface area contributed by atoms with E-state index < -0.39 is 12.1 Å². The number of H-pyrrole nitrogens is 1. The number of carbonyl (C=O) groups is 2. The Bertz CT molecular complexity index is 1870. The number of benzene rings is 2. The minimum absolute atomic E-state index is 0.0848. The largest absolute Gasteiger partial charge is 0.493 e. The fraction of sp³-hybridized carbons (Fsp3) is 0.343. The van der Waals surface area contributed by atoms with Gasteiger partial charge in [-0.05, 0) is 60.7 Å². The molecule has 0 spiro atoms. The van der Waals surface area contributed by atoms with Gasteiger partial charge in [0.25, 0.3) is 0 Å². The lowest BCUT2D eigenvalue weighted by molar-refractivity contribution is -0.132.